The molecule has 1 N–H and O–H groups in total. The van der Waals surface area contributed by atoms with Crippen LogP contribution < -0.4 is 19.5 Å². The van der Waals surface area contributed by atoms with Crippen molar-refractivity contribution in [3.8, 4) is 27.8 Å². The summed E-state index contributed by atoms with van der Waals surface area (Å²) in [5.41, 5.74) is 5.90. The van der Waals surface area contributed by atoms with Gasteiger partial charge in [0.1, 0.15) is 23.1 Å². The number of carbonyl (C=O) groups excluding carboxylic acids is 1. The van der Waals surface area contributed by atoms with E-state index in [-0.39, 0.29) is 12.7 Å². The van der Waals surface area contributed by atoms with Crippen LogP contribution in [0.3, 0.4) is 0 Å². The number of aryl methyl sites for hydroxylation is 2. The number of benzene rings is 3. The zero-order chi connectivity index (χ0) is 23.5. The number of amides is 1. The lowest BCUT2D eigenvalue weighted by molar-refractivity contribution is 0.0946. The molecule has 7 heteroatoms. The van der Waals surface area contributed by atoms with Gasteiger partial charge >= 0.3 is 0 Å². The average molecular weight is 473 g/mol. The van der Waals surface area contributed by atoms with E-state index in [4.69, 9.17) is 14.2 Å². The zero-order valence-corrected chi connectivity index (χ0v) is 19.8. The Labute approximate surface area is 202 Å². The number of nitrogens with zero attached hydrogens (tertiary/aromatic N) is 1. The van der Waals surface area contributed by atoms with Gasteiger partial charge in [-0.25, -0.2) is 4.98 Å². The molecule has 4 aromatic rings. The number of ether oxygens (including phenoxy) is 3. The third-order valence-electron chi connectivity index (χ3n) is 5.63. The third-order valence-corrected chi connectivity index (χ3v) is 6.52. The molecule has 0 saturated carbocycles. The van der Waals surface area contributed by atoms with Crippen molar-refractivity contribution < 1.29 is 19.0 Å². The molecule has 34 heavy (non-hydrogen) atoms. The van der Waals surface area contributed by atoms with Gasteiger partial charge in [0.05, 0.1) is 0 Å². The lowest BCUT2D eigenvalue weighted by Gasteiger charge is -2.10. The molecule has 5 rings (SSSR count). The largest absolute Gasteiger partial charge is 0.489 e. The molecule has 0 spiro atoms. The number of hydrogen-bond acceptors (Lipinski definition) is 6. The number of carbonyl (C=O) groups is 1. The third kappa shape index (κ3) is 4.89. The van der Waals surface area contributed by atoms with Gasteiger partial charge < -0.3 is 19.5 Å². The molecule has 0 unspecified atom stereocenters. The van der Waals surface area contributed by atoms with E-state index in [1.54, 1.807) is 5.38 Å². The van der Waals surface area contributed by atoms with Crippen LogP contribution in [0.5, 0.6) is 17.2 Å². The van der Waals surface area contributed by atoms with Crippen LogP contribution in [0, 0.1) is 13.8 Å². The highest BCUT2D eigenvalue weighted by molar-refractivity contribution is 7.13. The van der Waals surface area contributed by atoms with Crippen LogP contribution in [0.15, 0.2) is 66.0 Å². The van der Waals surface area contributed by atoms with Gasteiger partial charge in [-0.2, -0.15) is 0 Å². The van der Waals surface area contributed by atoms with Crippen molar-refractivity contribution in [2.24, 2.45) is 0 Å². The van der Waals surface area contributed by atoms with Crippen LogP contribution in [0.25, 0.3) is 10.6 Å². The van der Waals surface area contributed by atoms with Gasteiger partial charge in [0.25, 0.3) is 5.91 Å². The first-order valence-corrected chi connectivity index (χ1v) is 11.8. The molecule has 172 valence electrons. The summed E-state index contributed by atoms with van der Waals surface area (Å²) in [6, 6.07) is 19.8. The summed E-state index contributed by atoms with van der Waals surface area (Å²) in [6.45, 7) is 5.31. The first-order chi connectivity index (χ1) is 16.5. The molecule has 6 nitrogen and oxygen atoms in total. The number of rotatable bonds is 7. The normalized spacial score (nSPS) is 11.9. The van der Waals surface area contributed by atoms with Crippen LogP contribution in [-0.4, -0.2) is 17.7 Å². The van der Waals surface area contributed by atoms with Crippen molar-refractivity contribution >= 4 is 17.2 Å². The smallest absolute Gasteiger partial charge is 0.271 e. The van der Waals surface area contributed by atoms with E-state index in [1.807, 2.05) is 42.5 Å². The monoisotopic (exact) mass is 472 g/mol. The first kappa shape index (κ1) is 22.0. The molecular formula is C27H24N2O4S. The van der Waals surface area contributed by atoms with Gasteiger partial charge in [-0.15, -0.1) is 11.3 Å². The topological polar surface area (TPSA) is 69.7 Å². The predicted octanol–water partition coefficient (Wildman–Crippen LogP) is 5.66. The second-order valence-electron chi connectivity index (χ2n) is 8.15. The molecule has 0 fully saturated rings. The molecule has 1 aliphatic heterocycles. The first-order valence-electron chi connectivity index (χ1n) is 11.0. The number of aromatic nitrogens is 1. The minimum Gasteiger partial charge on any atom is -0.489 e. The molecule has 0 radical (unpaired) electrons. The van der Waals surface area contributed by atoms with Crippen LogP contribution in [0.2, 0.25) is 0 Å². The van der Waals surface area contributed by atoms with Crippen LogP contribution in [0.1, 0.15) is 32.7 Å². The van der Waals surface area contributed by atoms with Crippen molar-refractivity contribution in [2.75, 3.05) is 6.79 Å². The number of hydrogen-bond donors (Lipinski definition) is 1. The van der Waals surface area contributed by atoms with E-state index in [9.17, 15) is 4.79 Å². The Morgan fingerprint density at radius 3 is 2.71 bits per heavy atom. The van der Waals surface area contributed by atoms with Crippen molar-refractivity contribution in [2.45, 2.75) is 27.0 Å². The highest BCUT2D eigenvalue weighted by atomic mass is 32.1. The zero-order valence-electron chi connectivity index (χ0n) is 19.0. The Hall–Kier alpha value is -3.84. The van der Waals surface area contributed by atoms with Crippen molar-refractivity contribution in [1.29, 1.82) is 0 Å². The summed E-state index contributed by atoms with van der Waals surface area (Å²) in [6.07, 6.45) is 0. The van der Waals surface area contributed by atoms with E-state index in [0.29, 0.717) is 24.6 Å². The quantitative estimate of drug-likeness (QED) is 0.376. The molecule has 1 aliphatic rings. The maximum atomic E-state index is 12.6. The van der Waals surface area contributed by atoms with Gasteiger partial charge in [0, 0.05) is 17.5 Å². The maximum Gasteiger partial charge on any atom is 0.271 e. The SMILES string of the molecule is Cc1ccc(C)c(COc2ccc(-c3nc(C(=O)NCc4ccc5c(c4)OCO5)cs3)cc2)c1. The Morgan fingerprint density at radius 1 is 1.03 bits per heavy atom. The van der Waals surface area contributed by atoms with Crippen molar-refractivity contribution in [3.63, 3.8) is 0 Å². The minimum atomic E-state index is -0.214. The Bertz CT molecular complexity index is 1330. The number of nitrogens with one attached hydrogen (secondary N) is 1. The highest BCUT2D eigenvalue weighted by Gasteiger charge is 2.15. The molecule has 0 saturated heterocycles. The predicted molar refractivity (Wildman–Crippen MR) is 132 cm³/mol. The lowest BCUT2D eigenvalue weighted by Crippen LogP contribution is -2.23. The molecule has 2 heterocycles. The molecule has 0 atom stereocenters. The molecule has 3 aromatic carbocycles. The fourth-order valence-corrected chi connectivity index (χ4v) is 4.45. The molecule has 0 bridgehead atoms. The van der Waals surface area contributed by atoms with Gasteiger partial charge in [-0.05, 0) is 66.9 Å². The van der Waals surface area contributed by atoms with Gasteiger partial charge in [-0.1, -0.05) is 29.8 Å². The summed E-state index contributed by atoms with van der Waals surface area (Å²) in [5, 5.41) is 5.47. The second-order valence-corrected chi connectivity index (χ2v) is 9.01. The average Bonchev–Trinajstić information content (AvgIpc) is 3.53. The van der Waals surface area contributed by atoms with Crippen LogP contribution >= 0.6 is 11.3 Å². The Morgan fingerprint density at radius 2 is 1.85 bits per heavy atom. The van der Waals surface area contributed by atoms with E-state index >= 15 is 0 Å². The molecular weight excluding hydrogens is 448 g/mol. The van der Waals surface area contributed by atoms with E-state index in [0.717, 1.165) is 27.6 Å². The fourth-order valence-electron chi connectivity index (χ4n) is 3.65. The summed E-state index contributed by atoms with van der Waals surface area (Å²) in [4.78, 5) is 17.1. The number of thiazole rings is 1. The summed E-state index contributed by atoms with van der Waals surface area (Å²) >= 11 is 1.44. The summed E-state index contributed by atoms with van der Waals surface area (Å²) in [5.74, 6) is 2.00. The second kappa shape index (κ2) is 9.57. The van der Waals surface area contributed by atoms with Crippen molar-refractivity contribution in [3.05, 3.63) is 94.0 Å². The van der Waals surface area contributed by atoms with Gasteiger partial charge in [-0.3, -0.25) is 4.79 Å². The standard InChI is InChI=1S/C27H24N2O4S/c1-17-3-4-18(2)21(11-17)14-31-22-8-6-20(7-9-22)27-29-23(15-34-27)26(30)28-13-19-5-10-24-25(12-19)33-16-32-24/h3-12,15H,13-14,16H2,1-2H3,(H,28,30). The van der Waals surface area contributed by atoms with E-state index < -0.39 is 0 Å². The molecule has 1 aromatic heterocycles. The summed E-state index contributed by atoms with van der Waals surface area (Å²) < 4.78 is 16.7. The number of fused-ring (bicyclic) bond motifs is 1. The van der Waals surface area contributed by atoms with E-state index in [2.05, 4.69) is 42.3 Å². The van der Waals surface area contributed by atoms with Gasteiger partial charge in [0.15, 0.2) is 11.5 Å². The lowest BCUT2D eigenvalue weighted by atomic mass is 10.1. The molecule has 1 amide bonds. The minimum absolute atomic E-state index is 0.214. The van der Waals surface area contributed by atoms with E-state index in [1.165, 1.54) is 28.0 Å². The van der Waals surface area contributed by atoms with Crippen LogP contribution in [0.4, 0.5) is 0 Å². The van der Waals surface area contributed by atoms with Gasteiger partial charge in [0.2, 0.25) is 6.79 Å². The Kier molecular flexibility index (Phi) is 6.18. The Balaban J connectivity index is 1.18. The maximum absolute atomic E-state index is 12.6. The highest BCUT2D eigenvalue weighted by Crippen LogP contribution is 2.32. The van der Waals surface area contributed by atoms with Crippen molar-refractivity contribution in [1.82, 2.24) is 10.3 Å². The molecule has 0 aliphatic carbocycles. The van der Waals surface area contributed by atoms with Crippen LogP contribution in [-0.2, 0) is 13.2 Å². The fraction of sp³-hybridized carbons (Fsp3) is 0.185. The summed E-state index contributed by atoms with van der Waals surface area (Å²) in [7, 11) is 0.